The van der Waals surface area contributed by atoms with Gasteiger partial charge in [0.1, 0.15) is 12.1 Å². The van der Waals surface area contributed by atoms with Gasteiger partial charge in [-0.05, 0) is 48.7 Å². The molecule has 1 atom stereocenters. The second-order valence-electron chi connectivity index (χ2n) is 7.62. The monoisotopic (exact) mass is 414 g/mol. The predicted octanol–water partition coefficient (Wildman–Crippen LogP) is 3.40. The third kappa shape index (κ3) is 4.09. The van der Waals surface area contributed by atoms with Crippen molar-refractivity contribution in [2.75, 3.05) is 13.1 Å². The van der Waals surface area contributed by atoms with E-state index in [4.69, 9.17) is 4.42 Å². The lowest BCUT2D eigenvalue weighted by atomic mass is 9.90. The van der Waals surface area contributed by atoms with E-state index < -0.39 is 0 Å². The van der Waals surface area contributed by atoms with E-state index in [1.807, 2.05) is 41.6 Å². The van der Waals surface area contributed by atoms with Gasteiger partial charge in [0.25, 0.3) is 5.91 Å². The van der Waals surface area contributed by atoms with Crippen LogP contribution in [0.25, 0.3) is 11.1 Å². The van der Waals surface area contributed by atoms with E-state index in [0.29, 0.717) is 31.2 Å². The minimum atomic E-state index is -0.0871. The molecule has 1 saturated heterocycles. The first-order chi connectivity index (χ1) is 15.3. The van der Waals surface area contributed by atoms with E-state index in [0.717, 1.165) is 29.7 Å². The van der Waals surface area contributed by atoms with Gasteiger partial charge in [0, 0.05) is 55.6 Å². The Labute approximate surface area is 179 Å². The molecule has 5 rings (SSSR count). The number of nitrogens with zero attached hydrogens (tertiary/aromatic N) is 6. The van der Waals surface area contributed by atoms with Crippen LogP contribution < -0.4 is 0 Å². The Balaban J connectivity index is 1.33. The highest BCUT2D eigenvalue weighted by Crippen LogP contribution is 2.33. The molecule has 8 heteroatoms. The van der Waals surface area contributed by atoms with Gasteiger partial charge in [-0.3, -0.25) is 14.5 Å². The molecule has 0 aromatic carbocycles. The van der Waals surface area contributed by atoms with Crippen LogP contribution in [0, 0.1) is 0 Å². The molecule has 1 aliphatic heterocycles. The van der Waals surface area contributed by atoms with Gasteiger partial charge in [0.2, 0.25) is 0 Å². The van der Waals surface area contributed by atoms with Crippen molar-refractivity contribution < 1.29 is 9.21 Å². The predicted molar refractivity (Wildman–Crippen MR) is 113 cm³/mol. The summed E-state index contributed by atoms with van der Waals surface area (Å²) in [5.74, 6) is 1.12. The number of likely N-dealkylation sites (tertiary alicyclic amines) is 1. The largest absolute Gasteiger partial charge is 0.454 e. The average molecular weight is 414 g/mol. The average Bonchev–Trinajstić information content (AvgIpc) is 3.52. The van der Waals surface area contributed by atoms with Crippen LogP contribution in [-0.4, -0.2) is 48.6 Å². The fourth-order valence-corrected chi connectivity index (χ4v) is 4.09. The molecule has 0 radical (unpaired) electrons. The lowest BCUT2D eigenvalue weighted by Crippen LogP contribution is -2.39. The number of amides is 1. The van der Waals surface area contributed by atoms with E-state index in [9.17, 15) is 4.79 Å². The first kappa shape index (κ1) is 19.2. The Morgan fingerprint density at radius 2 is 2.03 bits per heavy atom. The van der Waals surface area contributed by atoms with E-state index in [2.05, 4.69) is 20.1 Å². The highest BCUT2D eigenvalue weighted by molar-refractivity contribution is 5.91. The van der Waals surface area contributed by atoms with E-state index in [1.54, 1.807) is 35.7 Å². The third-order valence-corrected chi connectivity index (χ3v) is 5.58. The van der Waals surface area contributed by atoms with Crippen molar-refractivity contribution in [3.05, 3.63) is 84.9 Å². The molecule has 4 aromatic heterocycles. The zero-order valence-corrected chi connectivity index (χ0v) is 17.0. The highest BCUT2D eigenvalue weighted by atomic mass is 16.4. The van der Waals surface area contributed by atoms with Crippen LogP contribution in [0.5, 0.6) is 0 Å². The highest BCUT2D eigenvalue weighted by Gasteiger charge is 2.29. The van der Waals surface area contributed by atoms with Crippen LogP contribution in [0.15, 0.2) is 72.1 Å². The smallest absolute Gasteiger partial charge is 0.289 e. The Kier molecular flexibility index (Phi) is 5.26. The standard InChI is InChI=1S/C23H22N6O2/c30-23(21-5-4-19(31-21)15-29-12-2-8-27-29)28-11-1-3-18(14-28)22-20(13-25-16-26-22)17-6-9-24-10-7-17/h2,4-10,12-13,16,18H,1,3,11,14-15H2. The van der Waals surface area contributed by atoms with Crippen molar-refractivity contribution in [2.45, 2.75) is 25.3 Å². The zero-order chi connectivity index (χ0) is 21.0. The van der Waals surface area contributed by atoms with Crippen LogP contribution >= 0.6 is 0 Å². The summed E-state index contributed by atoms with van der Waals surface area (Å²) in [6, 6.07) is 9.35. The minimum absolute atomic E-state index is 0.0871. The van der Waals surface area contributed by atoms with Crippen molar-refractivity contribution in [3.8, 4) is 11.1 Å². The third-order valence-electron chi connectivity index (χ3n) is 5.58. The number of furan rings is 1. The minimum Gasteiger partial charge on any atom is -0.454 e. The SMILES string of the molecule is O=C(c1ccc(Cn2cccn2)o1)N1CCCC(c2ncncc2-c2ccncc2)C1. The van der Waals surface area contributed by atoms with Crippen LogP contribution in [0.1, 0.15) is 40.8 Å². The number of aromatic nitrogens is 5. The molecule has 0 saturated carbocycles. The van der Waals surface area contributed by atoms with Crippen LogP contribution in [0.4, 0.5) is 0 Å². The molecule has 31 heavy (non-hydrogen) atoms. The number of piperidine rings is 1. The van der Waals surface area contributed by atoms with Gasteiger partial charge in [-0.2, -0.15) is 5.10 Å². The molecule has 0 spiro atoms. The van der Waals surface area contributed by atoms with Gasteiger partial charge in [-0.1, -0.05) is 0 Å². The number of hydrogen-bond donors (Lipinski definition) is 0. The van der Waals surface area contributed by atoms with Gasteiger partial charge >= 0.3 is 0 Å². The molecular formula is C23H22N6O2. The Hall–Kier alpha value is -3.81. The number of hydrogen-bond acceptors (Lipinski definition) is 6. The quantitative estimate of drug-likeness (QED) is 0.497. The maximum Gasteiger partial charge on any atom is 0.289 e. The summed E-state index contributed by atoms with van der Waals surface area (Å²) in [5.41, 5.74) is 2.99. The summed E-state index contributed by atoms with van der Waals surface area (Å²) in [4.78, 5) is 27.9. The first-order valence-electron chi connectivity index (χ1n) is 10.3. The summed E-state index contributed by atoms with van der Waals surface area (Å²) in [7, 11) is 0. The number of rotatable bonds is 5. The summed E-state index contributed by atoms with van der Waals surface area (Å²) >= 11 is 0. The van der Waals surface area contributed by atoms with Crippen LogP contribution in [-0.2, 0) is 6.54 Å². The molecule has 5 heterocycles. The molecule has 8 nitrogen and oxygen atoms in total. The topological polar surface area (TPSA) is 89.9 Å². The summed E-state index contributed by atoms with van der Waals surface area (Å²) in [6.07, 6.45) is 12.4. The molecule has 0 aliphatic carbocycles. The fourth-order valence-electron chi connectivity index (χ4n) is 4.09. The van der Waals surface area contributed by atoms with Crippen molar-refractivity contribution >= 4 is 5.91 Å². The van der Waals surface area contributed by atoms with Crippen molar-refractivity contribution in [3.63, 3.8) is 0 Å². The number of carbonyl (C=O) groups excluding carboxylic acids is 1. The second kappa shape index (κ2) is 8.51. The molecule has 0 N–H and O–H groups in total. The van der Waals surface area contributed by atoms with Gasteiger partial charge in [0.15, 0.2) is 5.76 Å². The molecule has 1 amide bonds. The fraction of sp³-hybridized carbons (Fsp3) is 0.261. The maximum absolute atomic E-state index is 13.1. The molecule has 1 aliphatic rings. The van der Waals surface area contributed by atoms with Crippen molar-refractivity contribution in [1.29, 1.82) is 0 Å². The Morgan fingerprint density at radius 3 is 2.87 bits per heavy atom. The van der Waals surface area contributed by atoms with Crippen molar-refractivity contribution in [2.24, 2.45) is 0 Å². The lowest BCUT2D eigenvalue weighted by molar-refractivity contribution is 0.0671. The first-order valence-corrected chi connectivity index (χ1v) is 10.3. The van der Waals surface area contributed by atoms with Gasteiger partial charge in [-0.15, -0.1) is 0 Å². The molecule has 156 valence electrons. The van der Waals surface area contributed by atoms with Crippen LogP contribution in [0.3, 0.4) is 0 Å². The summed E-state index contributed by atoms with van der Waals surface area (Å²) < 4.78 is 7.59. The van der Waals surface area contributed by atoms with Crippen molar-refractivity contribution in [1.82, 2.24) is 29.6 Å². The normalized spacial score (nSPS) is 16.4. The van der Waals surface area contributed by atoms with Gasteiger partial charge in [0.05, 0.1) is 12.2 Å². The van der Waals surface area contributed by atoms with E-state index in [1.165, 1.54) is 0 Å². The zero-order valence-electron chi connectivity index (χ0n) is 17.0. The van der Waals surface area contributed by atoms with Crippen LogP contribution in [0.2, 0.25) is 0 Å². The second-order valence-corrected chi connectivity index (χ2v) is 7.62. The molecule has 1 unspecified atom stereocenters. The van der Waals surface area contributed by atoms with E-state index >= 15 is 0 Å². The number of pyridine rings is 1. The summed E-state index contributed by atoms with van der Waals surface area (Å²) in [5, 5.41) is 4.18. The molecule has 1 fully saturated rings. The maximum atomic E-state index is 13.1. The summed E-state index contributed by atoms with van der Waals surface area (Å²) in [6.45, 7) is 1.81. The Bertz CT molecular complexity index is 1160. The molecule has 4 aromatic rings. The number of carbonyl (C=O) groups is 1. The van der Waals surface area contributed by atoms with Gasteiger partial charge < -0.3 is 9.32 Å². The van der Waals surface area contributed by atoms with Gasteiger partial charge in [-0.25, -0.2) is 9.97 Å². The van der Waals surface area contributed by atoms with E-state index in [-0.39, 0.29) is 11.8 Å². The lowest BCUT2D eigenvalue weighted by Gasteiger charge is -2.32. The molecular weight excluding hydrogens is 392 g/mol. The molecule has 0 bridgehead atoms. The Morgan fingerprint density at radius 1 is 1.13 bits per heavy atom.